The summed E-state index contributed by atoms with van der Waals surface area (Å²) in [5.41, 5.74) is 3.11. The highest BCUT2D eigenvalue weighted by molar-refractivity contribution is 6.34. The summed E-state index contributed by atoms with van der Waals surface area (Å²) in [5.74, 6) is -0.230. The average molecular weight is 621 g/mol. The van der Waals surface area contributed by atoms with Gasteiger partial charge in [0.05, 0.1) is 29.9 Å². The molecule has 0 saturated heterocycles. The van der Waals surface area contributed by atoms with Crippen molar-refractivity contribution in [3.63, 3.8) is 0 Å². The average Bonchev–Trinajstić information content (AvgIpc) is 3.01. The van der Waals surface area contributed by atoms with Crippen molar-refractivity contribution in [1.82, 2.24) is 0 Å². The van der Waals surface area contributed by atoms with Gasteiger partial charge in [0.25, 0.3) is 5.91 Å². The Labute approximate surface area is 266 Å². The van der Waals surface area contributed by atoms with Gasteiger partial charge in [0.15, 0.2) is 11.9 Å². The van der Waals surface area contributed by atoms with Crippen LogP contribution in [0.5, 0.6) is 11.5 Å². The van der Waals surface area contributed by atoms with E-state index in [0.717, 1.165) is 18.4 Å². The van der Waals surface area contributed by atoms with Crippen LogP contribution >= 0.6 is 11.6 Å². The predicted molar refractivity (Wildman–Crippen MR) is 178 cm³/mol. The molecule has 3 rings (SSSR count). The van der Waals surface area contributed by atoms with Crippen LogP contribution in [-0.4, -0.2) is 30.8 Å². The Bertz CT molecular complexity index is 1480. The van der Waals surface area contributed by atoms with E-state index in [2.05, 4.69) is 64.3 Å². The van der Waals surface area contributed by atoms with Gasteiger partial charge in [0.1, 0.15) is 11.5 Å². The van der Waals surface area contributed by atoms with Gasteiger partial charge in [-0.05, 0) is 47.8 Å². The third kappa shape index (κ3) is 8.41. The molecule has 0 heterocycles. The third-order valence-corrected chi connectivity index (χ3v) is 8.74. The molecule has 3 aromatic rings. The van der Waals surface area contributed by atoms with E-state index in [4.69, 9.17) is 21.1 Å². The summed E-state index contributed by atoms with van der Waals surface area (Å²) < 4.78 is 11.9. The zero-order chi connectivity index (χ0) is 32.7. The minimum atomic E-state index is -0.798. The van der Waals surface area contributed by atoms with Gasteiger partial charge in [-0.15, -0.1) is 0 Å². The van der Waals surface area contributed by atoms with Crippen molar-refractivity contribution in [1.29, 1.82) is 0 Å². The molecule has 0 aliphatic carbocycles. The van der Waals surface area contributed by atoms with Crippen molar-refractivity contribution >= 4 is 40.6 Å². The maximum absolute atomic E-state index is 13.6. The van der Waals surface area contributed by atoms with Gasteiger partial charge in [-0.2, -0.15) is 0 Å². The first-order chi connectivity index (χ1) is 20.8. The molecule has 2 N–H and O–H groups in total. The summed E-state index contributed by atoms with van der Waals surface area (Å²) in [4.78, 5) is 38.8. The zero-order valence-electron chi connectivity index (χ0n) is 27.1. The van der Waals surface area contributed by atoms with E-state index in [9.17, 15) is 14.4 Å². The van der Waals surface area contributed by atoms with Gasteiger partial charge in [-0.3, -0.25) is 14.4 Å². The highest BCUT2D eigenvalue weighted by Gasteiger charge is 2.29. The third-order valence-electron chi connectivity index (χ3n) is 8.43. The molecule has 8 heteroatoms. The molecule has 0 bridgehead atoms. The van der Waals surface area contributed by atoms with Crippen molar-refractivity contribution in [3.05, 3.63) is 82.4 Å². The quantitative estimate of drug-likeness (QED) is 0.139. The van der Waals surface area contributed by atoms with E-state index in [1.54, 1.807) is 30.3 Å². The molecule has 0 spiro atoms. The molecule has 0 saturated carbocycles. The van der Waals surface area contributed by atoms with Crippen molar-refractivity contribution < 1.29 is 23.9 Å². The van der Waals surface area contributed by atoms with Crippen LogP contribution in [0, 0.1) is 0 Å². The fourth-order valence-electron chi connectivity index (χ4n) is 4.65. The topological polar surface area (TPSA) is 93.7 Å². The first-order valence-corrected chi connectivity index (χ1v) is 15.5. The number of benzene rings is 3. The summed E-state index contributed by atoms with van der Waals surface area (Å²) in [6, 6.07) is 17.9. The number of nitrogens with one attached hydrogen (secondary N) is 2. The number of rotatable bonds is 14. The van der Waals surface area contributed by atoms with Crippen LogP contribution in [-0.2, 0) is 20.4 Å². The minimum Gasteiger partial charge on any atom is -0.495 e. The number of hydrogen-bond donors (Lipinski definition) is 2. The van der Waals surface area contributed by atoms with Crippen LogP contribution < -0.4 is 20.1 Å². The number of anilines is 2. The number of halogens is 1. The monoisotopic (exact) mass is 620 g/mol. The second kappa shape index (κ2) is 14.8. The molecule has 0 fully saturated rings. The Morgan fingerprint density at radius 2 is 1.48 bits per heavy atom. The second-order valence-electron chi connectivity index (χ2n) is 12.2. The van der Waals surface area contributed by atoms with E-state index in [1.807, 2.05) is 13.0 Å². The summed E-state index contributed by atoms with van der Waals surface area (Å²) >= 11 is 6.42. The normalized spacial score (nSPS) is 12.3. The first-order valence-electron chi connectivity index (χ1n) is 15.1. The lowest BCUT2D eigenvalue weighted by Gasteiger charge is -2.31. The van der Waals surface area contributed by atoms with E-state index in [-0.39, 0.29) is 39.7 Å². The number of amides is 2. The van der Waals surface area contributed by atoms with Gasteiger partial charge in [0.2, 0.25) is 5.91 Å². The minimum absolute atomic E-state index is 0.00569. The predicted octanol–water partition coefficient (Wildman–Crippen LogP) is 8.73. The highest BCUT2D eigenvalue weighted by Crippen LogP contribution is 2.39. The SMILES string of the molecule is CCC(Oc1ccc(C(C)(C)CC)cc1C(C)(C)CC)C(=O)Nc1cc(NC(=O)CC(=O)c2ccccc2)c(Cl)cc1OC. The number of hydrogen-bond acceptors (Lipinski definition) is 5. The van der Waals surface area contributed by atoms with Crippen molar-refractivity contribution in [2.75, 3.05) is 17.7 Å². The molecule has 0 aliphatic heterocycles. The lowest BCUT2D eigenvalue weighted by Crippen LogP contribution is -2.33. The van der Waals surface area contributed by atoms with Gasteiger partial charge < -0.3 is 20.1 Å². The molecule has 0 radical (unpaired) electrons. The van der Waals surface area contributed by atoms with Crippen LogP contribution in [0.25, 0.3) is 0 Å². The molecule has 0 aromatic heterocycles. The number of carbonyl (C=O) groups is 3. The van der Waals surface area contributed by atoms with E-state index in [0.29, 0.717) is 29.2 Å². The van der Waals surface area contributed by atoms with Gasteiger partial charge in [0, 0.05) is 17.2 Å². The number of Topliss-reactive ketones (excluding diaryl/α,β-unsaturated/α-hetero) is 1. The molecule has 1 unspecified atom stereocenters. The van der Waals surface area contributed by atoms with Gasteiger partial charge >= 0.3 is 0 Å². The Hall–Kier alpha value is -3.84. The number of carbonyl (C=O) groups excluding carboxylic acids is 3. The second-order valence-corrected chi connectivity index (χ2v) is 12.6. The first kappa shape index (κ1) is 34.6. The van der Waals surface area contributed by atoms with Crippen LogP contribution in [0.3, 0.4) is 0 Å². The lowest BCUT2D eigenvalue weighted by atomic mass is 9.76. The van der Waals surface area contributed by atoms with Crippen LogP contribution in [0.15, 0.2) is 60.7 Å². The van der Waals surface area contributed by atoms with Crippen LogP contribution in [0.2, 0.25) is 5.02 Å². The summed E-state index contributed by atoms with van der Waals surface area (Å²) in [6.07, 6.45) is 1.16. The maximum Gasteiger partial charge on any atom is 0.265 e. The lowest BCUT2D eigenvalue weighted by molar-refractivity contribution is -0.123. The number of methoxy groups -OCH3 is 1. The van der Waals surface area contributed by atoms with E-state index >= 15 is 0 Å². The molecule has 1 atom stereocenters. The molecule has 0 aliphatic rings. The Kier molecular flexibility index (Phi) is 11.6. The number of ether oxygens (including phenoxy) is 2. The largest absolute Gasteiger partial charge is 0.495 e. The van der Waals surface area contributed by atoms with Crippen molar-refractivity contribution in [2.45, 2.75) is 91.1 Å². The highest BCUT2D eigenvalue weighted by atomic mass is 35.5. The molecule has 44 heavy (non-hydrogen) atoms. The zero-order valence-corrected chi connectivity index (χ0v) is 27.9. The van der Waals surface area contributed by atoms with Crippen molar-refractivity contribution in [3.8, 4) is 11.5 Å². The molecule has 7 nitrogen and oxygen atoms in total. The molecule has 2 amide bonds. The molecular formula is C36H45ClN2O5. The maximum atomic E-state index is 13.6. The summed E-state index contributed by atoms with van der Waals surface area (Å²) in [6.45, 7) is 15.0. The van der Waals surface area contributed by atoms with Crippen LogP contribution in [0.1, 0.15) is 95.6 Å². The Balaban J connectivity index is 1.84. The molecular weight excluding hydrogens is 576 g/mol. The Morgan fingerprint density at radius 3 is 2.07 bits per heavy atom. The van der Waals surface area contributed by atoms with Crippen molar-refractivity contribution in [2.24, 2.45) is 0 Å². The van der Waals surface area contributed by atoms with Gasteiger partial charge in [-0.1, -0.05) is 103 Å². The van der Waals surface area contributed by atoms with E-state index in [1.165, 1.54) is 24.8 Å². The fourth-order valence-corrected chi connectivity index (χ4v) is 4.85. The smallest absolute Gasteiger partial charge is 0.265 e. The Morgan fingerprint density at radius 1 is 0.818 bits per heavy atom. The molecule has 236 valence electrons. The molecule has 3 aromatic carbocycles. The summed E-state index contributed by atoms with van der Waals surface area (Å²) in [5, 5.41) is 5.77. The summed E-state index contributed by atoms with van der Waals surface area (Å²) in [7, 11) is 1.46. The van der Waals surface area contributed by atoms with Gasteiger partial charge in [-0.25, -0.2) is 0 Å². The fraction of sp³-hybridized carbons (Fsp3) is 0.417. The number of ketones is 1. The van der Waals surface area contributed by atoms with E-state index < -0.39 is 12.0 Å². The standard InChI is InChI=1S/C36H45ClN2O5/c1-9-30(44-31-18-17-24(35(4,5)10-2)19-25(31)36(6,7)11-3)34(42)39-28-21-27(26(37)20-32(28)43-8)38-33(41)22-29(40)23-15-13-12-14-16-23/h12-21,30H,9-11,22H2,1-8H3,(H,38,41)(H,39,42). The van der Waals surface area contributed by atoms with Crippen LogP contribution in [0.4, 0.5) is 11.4 Å².